The number of carboxylic acids is 1. The summed E-state index contributed by atoms with van der Waals surface area (Å²) in [6.45, 7) is 0. The minimum absolute atomic E-state index is 0.0413. The van der Waals surface area contributed by atoms with E-state index in [0.29, 0.717) is 0 Å². The van der Waals surface area contributed by atoms with Crippen LogP contribution >= 0.6 is 0 Å². The Morgan fingerprint density at radius 2 is 2.17 bits per heavy atom. The molecule has 0 unspecified atom stereocenters. The molecule has 0 aromatic heterocycles. The van der Waals surface area contributed by atoms with E-state index in [2.05, 4.69) is 5.18 Å². The van der Waals surface area contributed by atoms with Gasteiger partial charge in [0.1, 0.15) is 11.3 Å². The number of anilines is 1. The molecule has 0 radical (unpaired) electrons. The van der Waals surface area contributed by atoms with E-state index in [1.807, 2.05) is 0 Å². The molecule has 0 saturated heterocycles. The average molecular weight is 166 g/mol. The highest BCUT2D eigenvalue weighted by Crippen LogP contribution is 2.23. The van der Waals surface area contributed by atoms with Crippen molar-refractivity contribution >= 4 is 17.3 Å². The molecule has 0 bridgehead atoms. The monoisotopic (exact) mass is 166 g/mol. The van der Waals surface area contributed by atoms with Crippen molar-refractivity contribution in [1.82, 2.24) is 0 Å². The third kappa shape index (κ3) is 1.24. The lowest BCUT2D eigenvalue weighted by Gasteiger charge is -2.00. The van der Waals surface area contributed by atoms with Gasteiger partial charge in [-0.1, -0.05) is 6.07 Å². The molecule has 62 valence electrons. The molecular weight excluding hydrogens is 160 g/mol. The van der Waals surface area contributed by atoms with Crippen LogP contribution in [0.3, 0.4) is 0 Å². The molecule has 3 N–H and O–H groups in total. The molecule has 12 heavy (non-hydrogen) atoms. The topological polar surface area (TPSA) is 92.8 Å². The number of nitrogens with two attached hydrogens (primary N) is 1. The Hall–Kier alpha value is -1.91. The van der Waals surface area contributed by atoms with Crippen LogP contribution < -0.4 is 5.73 Å². The molecule has 5 heteroatoms. The third-order valence-electron chi connectivity index (χ3n) is 1.39. The van der Waals surface area contributed by atoms with Gasteiger partial charge in [0.25, 0.3) is 0 Å². The second kappa shape index (κ2) is 3.00. The average Bonchev–Trinajstić information content (AvgIpc) is 2.03. The number of nitrogens with zero attached hydrogens (tertiary/aromatic N) is 1. The molecule has 0 atom stereocenters. The summed E-state index contributed by atoms with van der Waals surface area (Å²) in [5.41, 5.74) is 4.97. The number of rotatable bonds is 2. The van der Waals surface area contributed by atoms with E-state index in [1.54, 1.807) is 0 Å². The summed E-state index contributed by atoms with van der Waals surface area (Å²) < 4.78 is 0. The summed E-state index contributed by atoms with van der Waals surface area (Å²) in [6.07, 6.45) is 0. The quantitative estimate of drug-likeness (QED) is 0.512. The highest BCUT2D eigenvalue weighted by Gasteiger charge is 2.13. The van der Waals surface area contributed by atoms with E-state index in [1.165, 1.54) is 18.2 Å². The number of nitrogen functional groups attached to an aromatic ring is 1. The molecule has 0 spiro atoms. The van der Waals surface area contributed by atoms with Crippen molar-refractivity contribution in [3.05, 3.63) is 28.7 Å². The molecule has 1 aromatic carbocycles. The fraction of sp³-hybridized carbons (Fsp3) is 0. The van der Waals surface area contributed by atoms with Crippen LogP contribution in [0.5, 0.6) is 0 Å². The number of carboxylic acid groups (broad SMARTS) is 1. The van der Waals surface area contributed by atoms with Gasteiger partial charge in [-0.3, -0.25) is 0 Å². The van der Waals surface area contributed by atoms with Crippen LogP contribution in [0.25, 0.3) is 0 Å². The summed E-state index contributed by atoms with van der Waals surface area (Å²) in [6, 6.07) is 4.17. The summed E-state index contributed by atoms with van der Waals surface area (Å²) in [5, 5.41) is 11.1. The molecule has 0 aliphatic heterocycles. The Balaban J connectivity index is 3.39. The number of hydrogen-bond acceptors (Lipinski definition) is 4. The van der Waals surface area contributed by atoms with Crippen LogP contribution in [-0.4, -0.2) is 11.1 Å². The molecule has 1 rings (SSSR count). The second-order valence-electron chi connectivity index (χ2n) is 2.14. The van der Waals surface area contributed by atoms with Crippen LogP contribution in [0, 0.1) is 4.91 Å². The highest BCUT2D eigenvalue weighted by atomic mass is 16.4. The normalized spacial score (nSPS) is 9.33. The van der Waals surface area contributed by atoms with E-state index in [-0.39, 0.29) is 16.9 Å². The first-order chi connectivity index (χ1) is 5.66. The molecule has 1 aromatic rings. The standard InChI is InChI=1S/C7H6N2O3/c8-4-2-1-3-5(9-12)6(4)7(10)11/h1-3H,8H2,(H,10,11). The maximum Gasteiger partial charge on any atom is 0.340 e. The van der Waals surface area contributed by atoms with E-state index in [9.17, 15) is 9.70 Å². The highest BCUT2D eigenvalue weighted by molar-refractivity contribution is 5.99. The molecule has 0 aliphatic rings. The zero-order chi connectivity index (χ0) is 9.14. The Morgan fingerprint density at radius 1 is 1.50 bits per heavy atom. The number of hydrogen-bond donors (Lipinski definition) is 2. The lowest BCUT2D eigenvalue weighted by atomic mass is 10.1. The molecule has 0 aliphatic carbocycles. The van der Waals surface area contributed by atoms with Gasteiger partial charge in [-0.2, -0.15) is 0 Å². The van der Waals surface area contributed by atoms with Crippen LogP contribution in [0.4, 0.5) is 11.4 Å². The molecule has 0 amide bonds. The lowest BCUT2D eigenvalue weighted by Crippen LogP contribution is -2.01. The fourth-order valence-corrected chi connectivity index (χ4v) is 0.867. The summed E-state index contributed by atoms with van der Waals surface area (Å²) >= 11 is 0. The van der Waals surface area contributed by atoms with Gasteiger partial charge in [0.2, 0.25) is 0 Å². The number of benzene rings is 1. The largest absolute Gasteiger partial charge is 0.478 e. The van der Waals surface area contributed by atoms with Crippen molar-refractivity contribution in [2.45, 2.75) is 0 Å². The van der Waals surface area contributed by atoms with Crippen LogP contribution in [0.1, 0.15) is 10.4 Å². The Labute approximate surface area is 67.8 Å². The van der Waals surface area contributed by atoms with Crippen molar-refractivity contribution < 1.29 is 9.90 Å². The van der Waals surface area contributed by atoms with Crippen LogP contribution in [0.15, 0.2) is 23.4 Å². The SMILES string of the molecule is Nc1cccc(N=O)c1C(=O)O. The Kier molecular flexibility index (Phi) is 2.05. The van der Waals surface area contributed by atoms with E-state index in [4.69, 9.17) is 10.8 Å². The van der Waals surface area contributed by atoms with Gasteiger partial charge >= 0.3 is 5.97 Å². The lowest BCUT2D eigenvalue weighted by molar-refractivity contribution is 0.0699. The van der Waals surface area contributed by atoms with E-state index >= 15 is 0 Å². The first kappa shape index (κ1) is 8.19. The van der Waals surface area contributed by atoms with Gasteiger partial charge < -0.3 is 10.8 Å². The van der Waals surface area contributed by atoms with Crippen molar-refractivity contribution in [3.63, 3.8) is 0 Å². The predicted octanol–water partition coefficient (Wildman–Crippen LogP) is 1.36. The van der Waals surface area contributed by atoms with Gasteiger partial charge in [0.05, 0.1) is 0 Å². The zero-order valence-electron chi connectivity index (χ0n) is 6.02. The maximum absolute atomic E-state index is 10.5. The minimum atomic E-state index is -1.25. The second-order valence-corrected chi connectivity index (χ2v) is 2.14. The number of carbonyl (C=O) groups is 1. The third-order valence-corrected chi connectivity index (χ3v) is 1.39. The summed E-state index contributed by atoms with van der Waals surface area (Å²) in [5.74, 6) is -1.25. The molecule has 0 heterocycles. The Bertz CT molecular complexity index is 335. The first-order valence-corrected chi connectivity index (χ1v) is 3.12. The summed E-state index contributed by atoms with van der Waals surface area (Å²) in [4.78, 5) is 20.6. The zero-order valence-corrected chi connectivity index (χ0v) is 6.02. The molecular formula is C7H6N2O3. The molecule has 0 saturated carbocycles. The Morgan fingerprint density at radius 3 is 2.58 bits per heavy atom. The van der Waals surface area contributed by atoms with Crippen molar-refractivity contribution in [3.8, 4) is 0 Å². The smallest absolute Gasteiger partial charge is 0.340 e. The summed E-state index contributed by atoms with van der Waals surface area (Å²) in [7, 11) is 0. The van der Waals surface area contributed by atoms with Gasteiger partial charge in [0.15, 0.2) is 0 Å². The molecule has 0 fully saturated rings. The van der Waals surface area contributed by atoms with Crippen LogP contribution in [-0.2, 0) is 0 Å². The fourth-order valence-electron chi connectivity index (χ4n) is 0.867. The van der Waals surface area contributed by atoms with Crippen molar-refractivity contribution in [2.75, 3.05) is 5.73 Å². The van der Waals surface area contributed by atoms with Crippen molar-refractivity contribution in [2.24, 2.45) is 5.18 Å². The number of nitroso groups, excluding NO2 is 1. The first-order valence-electron chi connectivity index (χ1n) is 3.12. The minimum Gasteiger partial charge on any atom is -0.478 e. The maximum atomic E-state index is 10.5. The van der Waals surface area contributed by atoms with Crippen LogP contribution in [0.2, 0.25) is 0 Å². The van der Waals surface area contributed by atoms with Gasteiger partial charge in [-0.05, 0) is 17.3 Å². The van der Waals surface area contributed by atoms with E-state index < -0.39 is 5.97 Å². The molecule has 5 nitrogen and oxygen atoms in total. The van der Waals surface area contributed by atoms with Gasteiger partial charge in [-0.25, -0.2) is 4.79 Å². The van der Waals surface area contributed by atoms with Gasteiger partial charge in [-0.15, -0.1) is 4.91 Å². The predicted molar refractivity (Wildman–Crippen MR) is 43.3 cm³/mol. The number of aromatic carboxylic acids is 1. The van der Waals surface area contributed by atoms with Gasteiger partial charge in [0, 0.05) is 5.69 Å². The van der Waals surface area contributed by atoms with E-state index in [0.717, 1.165) is 0 Å². The van der Waals surface area contributed by atoms with Crippen molar-refractivity contribution in [1.29, 1.82) is 0 Å².